The van der Waals surface area contributed by atoms with Gasteiger partial charge in [-0.1, -0.05) is 37.3 Å². The van der Waals surface area contributed by atoms with Crippen LogP contribution < -0.4 is 5.32 Å². The van der Waals surface area contributed by atoms with Crippen molar-refractivity contribution in [3.05, 3.63) is 54.6 Å². The van der Waals surface area contributed by atoms with Crippen LogP contribution in [0.1, 0.15) is 31.0 Å². The van der Waals surface area contributed by atoms with Crippen LogP contribution in [0, 0.1) is 0 Å². The molecule has 2 unspecified atom stereocenters. The minimum Gasteiger partial charge on any atom is -0.333 e. The smallest absolute Gasteiger partial charge is 0.0949 e. The van der Waals surface area contributed by atoms with Crippen LogP contribution in [0.2, 0.25) is 0 Å². The second-order valence-electron chi connectivity index (χ2n) is 4.16. The van der Waals surface area contributed by atoms with Crippen molar-refractivity contribution < 1.29 is 0 Å². The number of rotatable bonds is 5. The highest BCUT2D eigenvalue weighted by atomic mass is 15.1. The van der Waals surface area contributed by atoms with E-state index in [4.69, 9.17) is 0 Å². The molecule has 0 aliphatic heterocycles. The molecule has 2 aromatic rings. The topological polar surface area (TPSA) is 29.9 Å². The van der Waals surface area contributed by atoms with Gasteiger partial charge in [-0.3, -0.25) is 0 Å². The first-order valence-corrected chi connectivity index (χ1v) is 6.06. The summed E-state index contributed by atoms with van der Waals surface area (Å²) in [5.41, 5.74) is 1.32. The van der Waals surface area contributed by atoms with Crippen molar-refractivity contribution in [2.45, 2.75) is 25.4 Å². The zero-order valence-electron chi connectivity index (χ0n) is 10.4. The minimum atomic E-state index is 0.315. The Kier molecular flexibility index (Phi) is 3.94. The van der Waals surface area contributed by atoms with Crippen LogP contribution in [0.3, 0.4) is 0 Å². The number of nitrogens with zero attached hydrogens (tertiary/aromatic N) is 2. The second kappa shape index (κ2) is 5.64. The number of aromatic nitrogens is 2. The highest BCUT2D eigenvalue weighted by molar-refractivity contribution is 5.20. The fourth-order valence-corrected chi connectivity index (χ4v) is 2.33. The van der Waals surface area contributed by atoms with Gasteiger partial charge in [0.2, 0.25) is 0 Å². The van der Waals surface area contributed by atoms with Gasteiger partial charge >= 0.3 is 0 Å². The quantitative estimate of drug-likeness (QED) is 0.854. The molecule has 3 nitrogen and oxygen atoms in total. The zero-order valence-corrected chi connectivity index (χ0v) is 10.4. The standard InChI is InChI=1S/C14H19N3/c1-3-13(17-10-9-16-11-17)14(15-2)12-7-5-4-6-8-12/h4-11,13-15H,3H2,1-2H3. The summed E-state index contributed by atoms with van der Waals surface area (Å²) < 4.78 is 2.17. The molecule has 0 bridgehead atoms. The zero-order chi connectivity index (χ0) is 12.1. The van der Waals surface area contributed by atoms with Crippen molar-refractivity contribution in [2.24, 2.45) is 0 Å². The number of likely N-dealkylation sites (N-methyl/N-ethyl adjacent to an activating group) is 1. The number of hydrogen-bond donors (Lipinski definition) is 1. The summed E-state index contributed by atoms with van der Waals surface area (Å²) in [6, 6.07) is 11.3. The van der Waals surface area contributed by atoms with Crippen LogP contribution in [0.25, 0.3) is 0 Å². The Morgan fingerprint density at radius 2 is 2.06 bits per heavy atom. The minimum absolute atomic E-state index is 0.315. The lowest BCUT2D eigenvalue weighted by Gasteiger charge is -2.27. The number of benzene rings is 1. The summed E-state index contributed by atoms with van der Waals surface area (Å²) in [7, 11) is 2.01. The summed E-state index contributed by atoms with van der Waals surface area (Å²) in [6.45, 7) is 2.21. The van der Waals surface area contributed by atoms with Gasteiger partial charge in [0.05, 0.1) is 18.4 Å². The molecule has 0 aliphatic rings. The van der Waals surface area contributed by atoms with Gasteiger partial charge in [-0.15, -0.1) is 0 Å². The Hall–Kier alpha value is -1.61. The molecule has 1 aromatic carbocycles. The van der Waals surface area contributed by atoms with Gasteiger partial charge in [0.15, 0.2) is 0 Å². The van der Waals surface area contributed by atoms with Crippen LogP contribution >= 0.6 is 0 Å². The Bertz CT molecular complexity index is 422. The molecule has 0 saturated heterocycles. The number of nitrogens with one attached hydrogen (secondary N) is 1. The summed E-state index contributed by atoms with van der Waals surface area (Å²) in [6.07, 6.45) is 6.82. The molecule has 2 rings (SSSR count). The van der Waals surface area contributed by atoms with E-state index in [0.717, 1.165) is 6.42 Å². The summed E-state index contributed by atoms with van der Waals surface area (Å²) >= 11 is 0. The molecule has 0 amide bonds. The van der Waals surface area contributed by atoms with E-state index in [-0.39, 0.29) is 0 Å². The molecule has 3 heteroatoms. The first-order valence-electron chi connectivity index (χ1n) is 6.06. The Labute approximate surface area is 103 Å². The monoisotopic (exact) mass is 229 g/mol. The predicted molar refractivity (Wildman–Crippen MR) is 69.8 cm³/mol. The largest absolute Gasteiger partial charge is 0.333 e. The molecule has 1 N–H and O–H groups in total. The van der Waals surface area contributed by atoms with E-state index in [1.807, 2.05) is 31.8 Å². The fraction of sp³-hybridized carbons (Fsp3) is 0.357. The molecular weight excluding hydrogens is 210 g/mol. The molecule has 0 aliphatic carbocycles. The first-order chi connectivity index (χ1) is 8.36. The molecule has 0 radical (unpaired) electrons. The van der Waals surface area contributed by atoms with Gasteiger partial charge in [-0.05, 0) is 19.0 Å². The maximum absolute atomic E-state index is 4.14. The number of hydrogen-bond acceptors (Lipinski definition) is 2. The molecule has 0 fully saturated rings. The van der Waals surface area contributed by atoms with Crippen LogP contribution in [0.4, 0.5) is 0 Å². The molecule has 0 saturated carbocycles. The summed E-state index contributed by atoms with van der Waals surface area (Å²) in [4.78, 5) is 4.14. The molecule has 1 heterocycles. The van der Waals surface area contributed by atoms with Crippen molar-refractivity contribution in [3.63, 3.8) is 0 Å². The Morgan fingerprint density at radius 1 is 1.29 bits per heavy atom. The van der Waals surface area contributed by atoms with Crippen molar-refractivity contribution >= 4 is 0 Å². The van der Waals surface area contributed by atoms with Crippen LogP contribution in [0.5, 0.6) is 0 Å². The third kappa shape index (κ3) is 2.56. The first kappa shape index (κ1) is 11.9. The van der Waals surface area contributed by atoms with Crippen LogP contribution in [-0.2, 0) is 0 Å². The molecular formula is C14H19N3. The normalized spacial score (nSPS) is 14.5. The van der Waals surface area contributed by atoms with E-state index in [1.54, 1.807) is 0 Å². The fourth-order valence-electron chi connectivity index (χ4n) is 2.33. The van der Waals surface area contributed by atoms with Crippen molar-refractivity contribution in [1.82, 2.24) is 14.9 Å². The maximum atomic E-state index is 4.14. The van der Waals surface area contributed by atoms with Gasteiger partial charge in [0, 0.05) is 12.4 Å². The third-order valence-electron chi connectivity index (χ3n) is 3.18. The lowest BCUT2D eigenvalue weighted by Crippen LogP contribution is -2.26. The highest BCUT2D eigenvalue weighted by Gasteiger charge is 2.20. The van der Waals surface area contributed by atoms with Crippen LogP contribution in [0.15, 0.2) is 49.1 Å². The van der Waals surface area contributed by atoms with Crippen LogP contribution in [-0.4, -0.2) is 16.6 Å². The molecule has 0 spiro atoms. The third-order valence-corrected chi connectivity index (χ3v) is 3.18. The SMILES string of the molecule is CCC(C(NC)c1ccccc1)n1ccnc1. The molecule has 1 aromatic heterocycles. The van der Waals surface area contributed by atoms with Gasteiger partial charge in [-0.2, -0.15) is 0 Å². The van der Waals surface area contributed by atoms with Crippen molar-refractivity contribution in [3.8, 4) is 0 Å². The maximum Gasteiger partial charge on any atom is 0.0949 e. The van der Waals surface area contributed by atoms with Crippen molar-refractivity contribution in [1.29, 1.82) is 0 Å². The number of imidazole rings is 1. The molecule has 17 heavy (non-hydrogen) atoms. The van der Waals surface area contributed by atoms with E-state index in [1.165, 1.54) is 5.56 Å². The van der Waals surface area contributed by atoms with Crippen molar-refractivity contribution in [2.75, 3.05) is 7.05 Å². The van der Waals surface area contributed by atoms with Gasteiger partial charge in [0.25, 0.3) is 0 Å². The van der Waals surface area contributed by atoms with Gasteiger partial charge < -0.3 is 9.88 Å². The van der Waals surface area contributed by atoms with E-state index in [0.29, 0.717) is 12.1 Å². The summed E-state index contributed by atoms with van der Waals surface area (Å²) in [5, 5.41) is 3.41. The lowest BCUT2D eigenvalue weighted by atomic mass is 9.97. The van der Waals surface area contributed by atoms with E-state index in [2.05, 4.69) is 46.1 Å². The highest BCUT2D eigenvalue weighted by Crippen LogP contribution is 2.28. The Balaban J connectivity index is 2.28. The van der Waals surface area contributed by atoms with E-state index in [9.17, 15) is 0 Å². The summed E-state index contributed by atoms with van der Waals surface area (Å²) in [5.74, 6) is 0. The molecule has 90 valence electrons. The van der Waals surface area contributed by atoms with Gasteiger partial charge in [-0.25, -0.2) is 4.98 Å². The Morgan fingerprint density at radius 3 is 2.59 bits per heavy atom. The van der Waals surface area contributed by atoms with E-state index < -0.39 is 0 Å². The second-order valence-corrected chi connectivity index (χ2v) is 4.16. The van der Waals surface area contributed by atoms with Gasteiger partial charge in [0.1, 0.15) is 0 Å². The average Bonchev–Trinajstić information content (AvgIpc) is 2.90. The van der Waals surface area contributed by atoms with E-state index >= 15 is 0 Å². The average molecular weight is 229 g/mol. The molecule has 2 atom stereocenters. The predicted octanol–water partition coefficient (Wildman–Crippen LogP) is 2.79. The lowest BCUT2D eigenvalue weighted by molar-refractivity contribution is 0.363.